The molecular weight excluding hydrogens is 436 g/mol. The van der Waals surface area contributed by atoms with E-state index in [0.717, 1.165) is 76.5 Å². The number of hydrogen-bond donors (Lipinski definition) is 0. The summed E-state index contributed by atoms with van der Waals surface area (Å²) in [5.41, 5.74) is 6.31. The fourth-order valence-corrected chi connectivity index (χ4v) is 5.45. The minimum Gasteiger partial charge on any atom is -0.496 e. The van der Waals surface area contributed by atoms with Crippen molar-refractivity contribution in [2.45, 2.75) is 45.4 Å². The summed E-state index contributed by atoms with van der Waals surface area (Å²) in [6.45, 7) is 2.27. The summed E-state index contributed by atoms with van der Waals surface area (Å²) in [7, 11) is 3.45. The molecule has 1 aliphatic carbocycles. The second-order valence-corrected chi connectivity index (χ2v) is 10.0. The van der Waals surface area contributed by atoms with Crippen LogP contribution in [0.2, 0.25) is 0 Å². The number of ether oxygens (including phenoxy) is 1. The van der Waals surface area contributed by atoms with Crippen LogP contribution in [0.25, 0.3) is 0 Å². The van der Waals surface area contributed by atoms with Crippen LogP contribution in [0, 0.1) is 11.8 Å². The average molecular weight is 469 g/mol. The van der Waals surface area contributed by atoms with E-state index in [0.29, 0.717) is 12.8 Å². The van der Waals surface area contributed by atoms with E-state index in [-0.39, 0.29) is 17.6 Å². The highest BCUT2D eigenvalue weighted by Crippen LogP contribution is 2.33. The van der Waals surface area contributed by atoms with Crippen LogP contribution in [0.15, 0.2) is 54.7 Å². The fourth-order valence-electron chi connectivity index (χ4n) is 5.45. The lowest BCUT2D eigenvalue weighted by atomic mass is 9.79. The molecule has 2 aromatic carbocycles. The van der Waals surface area contributed by atoms with Crippen molar-refractivity contribution < 1.29 is 14.3 Å². The minimum atomic E-state index is -0.0109. The average Bonchev–Trinajstić information content (AvgIpc) is 2.98. The van der Waals surface area contributed by atoms with Gasteiger partial charge >= 0.3 is 0 Å². The normalized spacial score (nSPS) is 19.5. The summed E-state index contributed by atoms with van der Waals surface area (Å²) in [5, 5.41) is 0. The first kappa shape index (κ1) is 23.3. The highest BCUT2D eigenvalue weighted by molar-refractivity contribution is 6.08. The van der Waals surface area contributed by atoms with E-state index in [1.807, 2.05) is 42.5 Å². The fraction of sp³-hybridized carbons (Fsp3) is 0.367. The molecule has 1 amide bonds. The lowest BCUT2D eigenvalue weighted by Crippen LogP contribution is -2.26. The second kappa shape index (κ2) is 9.65. The van der Waals surface area contributed by atoms with Crippen molar-refractivity contribution in [2.24, 2.45) is 11.8 Å². The van der Waals surface area contributed by atoms with E-state index >= 15 is 0 Å². The Morgan fingerprint density at radius 1 is 1.06 bits per heavy atom. The predicted molar refractivity (Wildman–Crippen MR) is 137 cm³/mol. The first-order valence-corrected chi connectivity index (χ1v) is 12.5. The van der Waals surface area contributed by atoms with Crippen LogP contribution in [-0.4, -0.2) is 30.8 Å². The van der Waals surface area contributed by atoms with Crippen molar-refractivity contribution in [2.75, 3.05) is 19.1 Å². The Bertz CT molecular complexity index is 1270. The number of carbonyl (C=O) groups excluding carboxylic acids is 2. The Balaban J connectivity index is 1.40. The molecule has 0 atom stereocenters. The van der Waals surface area contributed by atoms with Crippen molar-refractivity contribution in [3.05, 3.63) is 88.2 Å². The van der Waals surface area contributed by atoms with Gasteiger partial charge in [0.05, 0.1) is 19.0 Å². The van der Waals surface area contributed by atoms with Crippen LogP contribution in [0.1, 0.15) is 75.7 Å². The molecule has 5 heteroatoms. The number of aromatic nitrogens is 1. The number of nitrogens with zero attached hydrogens (tertiary/aromatic N) is 2. The van der Waals surface area contributed by atoms with Crippen molar-refractivity contribution in [3.8, 4) is 5.75 Å². The molecule has 180 valence electrons. The number of anilines is 1. The molecule has 5 rings (SSSR count). The molecule has 0 spiro atoms. The number of ketones is 1. The van der Waals surface area contributed by atoms with E-state index in [2.05, 4.69) is 18.0 Å². The molecule has 0 radical (unpaired) electrons. The number of Topliss-reactive ketones (excluding diaryl/α,β-unsaturated/α-hetero) is 1. The van der Waals surface area contributed by atoms with Crippen LogP contribution >= 0.6 is 0 Å². The van der Waals surface area contributed by atoms with Gasteiger partial charge in [0.2, 0.25) is 0 Å². The third kappa shape index (κ3) is 4.60. The Morgan fingerprint density at radius 2 is 1.83 bits per heavy atom. The molecule has 1 aromatic heterocycles. The maximum atomic E-state index is 13.1. The van der Waals surface area contributed by atoms with Gasteiger partial charge in [-0.25, -0.2) is 0 Å². The molecule has 3 aromatic rings. The molecule has 2 heterocycles. The van der Waals surface area contributed by atoms with Gasteiger partial charge in [0.1, 0.15) is 5.75 Å². The molecule has 1 saturated carbocycles. The Hall–Kier alpha value is -3.47. The molecular formula is C30H32N2O3. The zero-order chi connectivity index (χ0) is 24.5. The van der Waals surface area contributed by atoms with Crippen LogP contribution in [0.4, 0.5) is 5.69 Å². The monoisotopic (exact) mass is 468 g/mol. The maximum absolute atomic E-state index is 13.1. The number of benzene rings is 2. The van der Waals surface area contributed by atoms with Crippen LogP contribution in [-0.2, 0) is 12.8 Å². The number of pyridine rings is 1. The summed E-state index contributed by atoms with van der Waals surface area (Å²) in [5.74, 6) is 1.78. The topological polar surface area (TPSA) is 59.5 Å². The van der Waals surface area contributed by atoms with Gasteiger partial charge in [-0.15, -0.1) is 0 Å². The number of methoxy groups -OCH3 is 1. The van der Waals surface area contributed by atoms with Gasteiger partial charge < -0.3 is 9.64 Å². The van der Waals surface area contributed by atoms with Crippen molar-refractivity contribution in [1.29, 1.82) is 0 Å². The Labute approximate surface area is 207 Å². The zero-order valence-corrected chi connectivity index (χ0v) is 20.7. The van der Waals surface area contributed by atoms with Gasteiger partial charge in [-0.1, -0.05) is 50.1 Å². The largest absolute Gasteiger partial charge is 0.496 e. The molecule has 1 aliphatic heterocycles. The summed E-state index contributed by atoms with van der Waals surface area (Å²) < 4.78 is 5.69. The maximum Gasteiger partial charge on any atom is 0.258 e. The smallest absolute Gasteiger partial charge is 0.258 e. The molecule has 0 saturated heterocycles. The van der Waals surface area contributed by atoms with E-state index < -0.39 is 0 Å². The lowest BCUT2D eigenvalue weighted by Gasteiger charge is -2.25. The van der Waals surface area contributed by atoms with Crippen LogP contribution in [0.5, 0.6) is 5.75 Å². The van der Waals surface area contributed by atoms with E-state index in [4.69, 9.17) is 4.74 Å². The number of fused-ring (bicyclic) bond motifs is 2. The standard InChI is InChI=1S/C30H32N2O3/c1-19-8-10-20(11-9-19)29(33)23-13-12-22(28(17-23)35-3)15-25-16-24-14-21-6-4-5-7-26(21)30(34)32(2)27(24)18-31-25/h4-7,12-13,16-20H,8-11,14-15H2,1-3H3. The zero-order valence-electron chi connectivity index (χ0n) is 20.7. The van der Waals surface area contributed by atoms with Gasteiger partial charge in [-0.3, -0.25) is 14.6 Å². The summed E-state index contributed by atoms with van der Waals surface area (Å²) in [6.07, 6.45) is 7.27. The molecule has 5 nitrogen and oxygen atoms in total. The third-order valence-corrected chi connectivity index (χ3v) is 7.65. The van der Waals surface area contributed by atoms with E-state index in [1.165, 1.54) is 0 Å². The third-order valence-electron chi connectivity index (χ3n) is 7.65. The highest BCUT2D eigenvalue weighted by Gasteiger charge is 2.27. The molecule has 0 bridgehead atoms. The number of hydrogen-bond acceptors (Lipinski definition) is 4. The van der Waals surface area contributed by atoms with Crippen LogP contribution < -0.4 is 9.64 Å². The summed E-state index contributed by atoms with van der Waals surface area (Å²) in [4.78, 5) is 32.4. The molecule has 2 aliphatic rings. The van der Waals surface area contributed by atoms with Gasteiger partial charge in [0.25, 0.3) is 5.91 Å². The van der Waals surface area contributed by atoms with Gasteiger partial charge in [0.15, 0.2) is 5.78 Å². The Morgan fingerprint density at radius 3 is 2.60 bits per heavy atom. The van der Waals surface area contributed by atoms with E-state index in [1.54, 1.807) is 25.3 Å². The number of amides is 1. The number of carbonyl (C=O) groups is 2. The highest BCUT2D eigenvalue weighted by atomic mass is 16.5. The summed E-state index contributed by atoms with van der Waals surface area (Å²) >= 11 is 0. The molecule has 0 N–H and O–H groups in total. The van der Waals surface area contributed by atoms with Crippen LogP contribution in [0.3, 0.4) is 0 Å². The first-order valence-electron chi connectivity index (χ1n) is 12.5. The summed E-state index contributed by atoms with van der Waals surface area (Å²) in [6, 6.07) is 15.7. The lowest BCUT2D eigenvalue weighted by molar-refractivity contribution is 0.0875. The Kier molecular flexibility index (Phi) is 6.42. The predicted octanol–water partition coefficient (Wildman–Crippen LogP) is 5.87. The SMILES string of the molecule is COc1cc(C(=O)C2CCC(C)CC2)ccc1Cc1cc2c(cn1)N(C)C(=O)c1ccccc1C2. The number of rotatable bonds is 5. The van der Waals surface area contributed by atoms with Gasteiger partial charge in [-0.2, -0.15) is 0 Å². The van der Waals surface area contributed by atoms with Crippen molar-refractivity contribution >= 4 is 17.4 Å². The van der Waals surface area contributed by atoms with Gasteiger partial charge in [-0.05, 0) is 48.1 Å². The van der Waals surface area contributed by atoms with Crippen molar-refractivity contribution in [3.63, 3.8) is 0 Å². The molecule has 1 fully saturated rings. The van der Waals surface area contributed by atoms with Crippen molar-refractivity contribution in [1.82, 2.24) is 4.98 Å². The van der Waals surface area contributed by atoms with Gasteiger partial charge in [0, 0.05) is 48.2 Å². The second-order valence-electron chi connectivity index (χ2n) is 10.0. The minimum absolute atomic E-state index is 0.0109. The molecule has 35 heavy (non-hydrogen) atoms. The van der Waals surface area contributed by atoms with E-state index in [9.17, 15) is 9.59 Å². The quantitative estimate of drug-likeness (QED) is 0.439. The first-order chi connectivity index (χ1) is 16.9. The molecule has 0 unspecified atom stereocenters.